The third-order valence-corrected chi connectivity index (χ3v) is 4.59. The Morgan fingerprint density at radius 2 is 1.79 bits per heavy atom. The number of amides is 1. The van der Waals surface area contributed by atoms with E-state index in [9.17, 15) is 13.6 Å². The molecule has 0 heterocycles. The highest BCUT2D eigenvalue weighted by molar-refractivity contribution is 6.30. The van der Waals surface area contributed by atoms with Gasteiger partial charge in [0.1, 0.15) is 0 Å². The van der Waals surface area contributed by atoms with Crippen LogP contribution in [-0.4, -0.2) is 26.2 Å². The van der Waals surface area contributed by atoms with E-state index in [1.807, 2.05) is 26.0 Å². The van der Waals surface area contributed by atoms with Crippen molar-refractivity contribution in [3.8, 4) is 11.5 Å². The summed E-state index contributed by atoms with van der Waals surface area (Å²) in [7, 11) is 1.39. The van der Waals surface area contributed by atoms with Crippen LogP contribution in [0, 0.1) is 5.92 Å². The van der Waals surface area contributed by atoms with Crippen LogP contribution in [0.3, 0.4) is 0 Å². The largest absolute Gasteiger partial charge is 0.493 e. The second-order valence-electron chi connectivity index (χ2n) is 6.68. The minimum Gasteiger partial charge on any atom is -0.493 e. The first-order valence-corrected chi connectivity index (χ1v) is 9.34. The SMILES string of the molecule is COc1cc(CCNC(=O)[C@H](c2ccc(Cl)cc2)C(C)C)ccc1OC(F)F. The van der Waals surface area contributed by atoms with Gasteiger partial charge in [0.15, 0.2) is 11.5 Å². The summed E-state index contributed by atoms with van der Waals surface area (Å²) in [5.41, 5.74) is 1.75. The van der Waals surface area contributed by atoms with E-state index in [2.05, 4.69) is 10.1 Å². The molecule has 4 nitrogen and oxygen atoms in total. The van der Waals surface area contributed by atoms with E-state index in [0.717, 1.165) is 11.1 Å². The molecule has 0 bridgehead atoms. The van der Waals surface area contributed by atoms with Gasteiger partial charge < -0.3 is 14.8 Å². The maximum absolute atomic E-state index is 12.7. The van der Waals surface area contributed by atoms with E-state index >= 15 is 0 Å². The summed E-state index contributed by atoms with van der Waals surface area (Å²) < 4.78 is 34.3. The molecule has 2 aromatic rings. The molecule has 28 heavy (non-hydrogen) atoms. The van der Waals surface area contributed by atoms with Gasteiger partial charge in [0.05, 0.1) is 13.0 Å². The van der Waals surface area contributed by atoms with E-state index in [4.69, 9.17) is 16.3 Å². The number of hydrogen-bond acceptors (Lipinski definition) is 3. The Morgan fingerprint density at radius 3 is 2.36 bits per heavy atom. The van der Waals surface area contributed by atoms with Crippen LogP contribution in [0.25, 0.3) is 0 Å². The molecule has 0 unspecified atom stereocenters. The average Bonchev–Trinajstić information content (AvgIpc) is 2.64. The van der Waals surface area contributed by atoms with Crippen molar-refractivity contribution in [2.75, 3.05) is 13.7 Å². The van der Waals surface area contributed by atoms with E-state index < -0.39 is 6.61 Å². The molecule has 2 aromatic carbocycles. The van der Waals surface area contributed by atoms with E-state index in [1.165, 1.54) is 13.2 Å². The highest BCUT2D eigenvalue weighted by Gasteiger charge is 2.23. The molecular formula is C21H24ClF2NO3. The zero-order chi connectivity index (χ0) is 20.7. The molecule has 7 heteroatoms. The summed E-state index contributed by atoms with van der Waals surface area (Å²) >= 11 is 5.93. The fourth-order valence-corrected chi connectivity index (χ4v) is 3.14. The van der Waals surface area contributed by atoms with Crippen molar-refractivity contribution in [2.24, 2.45) is 5.92 Å². The highest BCUT2D eigenvalue weighted by Crippen LogP contribution is 2.30. The van der Waals surface area contributed by atoms with Gasteiger partial charge in [-0.15, -0.1) is 0 Å². The molecule has 0 saturated heterocycles. The number of methoxy groups -OCH3 is 1. The molecule has 1 atom stereocenters. The van der Waals surface area contributed by atoms with E-state index in [1.54, 1.807) is 24.3 Å². The zero-order valence-corrected chi connectivity index (χ0v) is 16.8. The van der Waals surface area contributed by atoms with Crippen LogP contribution in [0.1, 0.15) is 30.9 Å². The number of carbonyl (C=O) groups is 1. The normalized spacial score (nSPS) is 12.1. The number of hydrogen-bond donors (Lipinski definition) is 1. The Kier molecular flexibility index (Phi) is 8.05. The fourth-order valence-electron chi connectivity index (χ4n) is 3.01. The lowest BCUT2D eigenvalue weighted by atomic mass is 9.87. The molecule has 0 aliphatic carbocycles. The Labute approximate surface area is 168 Å². The number of benzene rings is 2. The van der Waals surface area contributed by atoms with Crippen LogP contribution in [0.2, 0.25) is 5.02 Å². The fraction of sp³-hybridized carbons (Fsp3) is 0.381. The summed E-state index contributed by atoms with van der Waals surface area (Å²) in [5, 5.41) is 3.57. The van der Waals surface area contributed by atoms with Gasteiger partial charge in [-0.3, -0.25) is 4.79 Å². The van der Waals surface area contributed by atoms with Gasteiger partial charge in [0, 0.05) is 11.6 Å². The van der Waals surface area contributed by atoms with Gasteiger partial charge in [0.25, 0.3) is 0 Å². The lowest BCUT2D eigenvalue weighted by molar-refractivity contribution is -0.123. The van der Waals surface area contributed by atoms with Crippen molar-refractivity contribution >= 4 is 17.5 Å². The third kappa shape index (κ3) is 6.09. The second-order valence-corrected chi connectivity index (χ2v) is 7.11. The van der Waals surface area contributed by atoms with Gasteiger partial charge >= 0.3 is 6.61 Å². The zero-order valence-electron chi connectivity index (χ0n) is 16.0. The summed E-state index contributed by atoms with van der Waals surface area (Å²) in [6.45, 7) is 1.48. The maximum Gasteiger partial charge on any atom is 0.387 e. The maximum atomic E-state index is 12.7. The standard InChI is InChI=1S/C21H24ClF2NO3/c1-13(2)19(15-5-7-16(22)8-6-15)20(26)25-11-10-14-4-9-17(28-21(23)24)18(12-14)27-3/h4-9,12-13,19,21H,10-11H2,1-3H3,(H,25,26)/t19-/m0/s1. The van der Waals surface area contributed by atoms with Crippen LogP contribution in [0.4, 0.5) is 8.78 Å². The summed E-state index contributed by atoms with van der Waals surface area (Å²) in [5.74, 6) is -0.0270. The van der Waals surface area contributed by atoms with Gasteiger partial charge in [-0.1, -0.05) is 43.6 Å². The number of carbonyl (C=O) groups excluding carboxylic acids is 1. The molecule has 0 fully saturated rings. The topological polar surface area (TPSA) is 47.6 Å². The molecular weight excluding hydrogens is 388 g/mol. The monoisotopic (exact) mass is 411 g/mol. The first-order chi connectivity index (χ1) is 13.3. The lowest BCUT2D eigenvalue weighted by Gasteiger charge is -2.21. The summed E-state index contributed by atoms with van der Waals surface area (Å²) in [6.07, 6.45) is 0.530. The van der Waals surface area contributed by atoms with Crippen molar-refractivity contribution in [3.63, 3.8) is 0 Å². The van der Waals surface area contributed by atoms with Crippen LogP contribution >= 0.6 is 11.6 Å². The molecule has 0 aliphatic heterocycles. The molecule has 0 spiro atoms. The van der Waals surface area contributed by atoms with Crippen LogP contribution in [0.5, 0.6) is 11.5 Å². The molecule has 0 saturated carbocycles. The van der Waals surface area contributed by atoms with Gasteiger partial charge in [-0.25, -0.2) is 0 Å². The summed E-state index contributed by atoms with van der Waals surface area (Å²) in [6, 6.07) is 12.0. The molecule has 0 aromatic heterocycles. The molecule has 2 rings (SSSR count). The van der Waals surface area contributed by atoms with E-state index in [0.29, 0.717) is 18.0 Å². The number of ether oxygens (including phenoxy) is 2. The smallest absolute Gasteiger partial charge is 0.387 e. The number of halogens is 3. The average molecular weight is 412 g/mol. The van der Waals surface area contributed by atoms with Crippen molar-refractivity contribution in [1.29, 1.82) is 0 Å². The highest BCUT2D eigenvalue weighted by atomic mass is 35.5. The minimum absolute atomic E-state index is 0.0205. The predicted molar refractivity (Wildman–Crippen MR) is 105 cm³/mol. The predicted octanol–water partition coefficient (Wildman–Crippen LogP) is 5.05. The van der Waals surface area contributed by atoms with Gasteiger partial charge in [-0.2, -0.15) is 8.78 Å². The Hall–Kier alpha value is -2.34. The molecule has 0 aliphatic rings. The Bertz CT molecular complexity index is 782. The quantitative estimate of drug-likeness (QED) is 0.628. The van der Waals surface area contributed by atoms with Crippen LogP contribution in [0.15, 0.2) is 42.5 Å². The van der Waals surface area contributed by atoms with Crippen molar-refractivity contribution in [1.82, 2.24) is 5.32 Å². The number of rotatable bonds is 9. The first kappa shape index (κ1) is 22.0. The number of alkyl halides is 2. The van der Waals surface area contributed by atoms with Crippen LogP contribution in [-0.2, 0) is 11.2 Å². The van der Waals surface area contributed by atoms with Gasteiger partial charge in [0.2, 0.25) is 5.91 Å². The number of nitrogens with one attached hydrogen (secondary N) is 1. The van der Waals surface area contributed by atoms with Crippen LogP contribution < -0.4 is 14.8 Å². The summed E-state index contributed by atoms with van der Waals surface area (Å²) in [4.78, 5) is 12.7. The van der Waals surface area contributed by atoms with Crippen molar-refractivity contribution in [2.45, 2.75) is 32.8 Å². The molecule has 1 N–H and O–H groups in total. The lowest BCUT2D eigenvalue weighted by Crippen LogP contribution is -2.33. The first-order valence-electron chi connectivity index (χ1n) is 8.96. The third-order valence-electron chi connectivity index (χ3n) is 4.34. The van der Waals surface area contributed by atoms with Crippen molar-refractivity contribution in [3.05, 3.63) is 58.6 Å². The minimum atomic E-state index is -2.92. The van der Waals surface area contributed by atoms with E-state index in [-0.39, 0.29) is 29.2 Å². The molecule has 152 valence electrons. The molecule has 1 amide bonds. The second kappa shape index (κ2) is 10.3. The van der Waals surface area contributed by atoms with Crippen molar-refractivity contribution < 1.29 is 23.0 Å². The Balaban J connectivity index is 1.99. The molecule has 0 radical (unpaired) electrons. The Morgan fingerprint density at radius 1 is 1.11 bits per heavy atom. The van der Waals surface area contributed by atoms with Gasteiger partial charge in [-0.05, 0) is 47.7 Å².